The molecular formula is C31H32N4O3. The highest BCUT2D eigenvalue weighted by atomic mass is 16.3. The average Bonchev–Trinajstić information content (AvgIpc) is 3.38. The van der Waals surface area contributed by atoms with Crippen molar-refractivity contribution in [2.24, 2.45) is 7.05 Å². The lowest BCUT2D eigenvalue weighted by molar-refractivity contribution is 0.0984. The quantitative estimate of drug-likeness (QED) is 0.310. The molecule has 0 radical (unpaired) electrons. The summed E-state index contributed by atoms with van der Waals surface area (Å²) in [5, 5.41) is 17.1. The minimum Gasteiger partial charge on any atom is -0.393 e. The Kier molecular flexibility index (Phi) is 7.65. The maximum absolute atomic E-state index is 12.8. The highest BCUT2D eigenvalue weighted by Gasteiger charge is 2.17. The van der Waals surface area contributed by atoms with E-state index in [2.05, 4.69) is 15.3 Å². The van der Waals surface area contributed by atoms with E-state index in [-0.39, 0.29) is 17.7 Å². The smallest absolute Gasteiger partial charge is 0.170 e. The van der Waals surface area contributed by atoms with Crippen LogP contribution in [0.25, 0.3) is 0 Å². The molecule has 38 heavy (non-hydrogen) atoms. The van der Waals surface area contributed by atoms with Crippen LogP contribution in [0.15, 0.2) is 85.2 Å². The van der Waals surface area contributed by atoms with Crippen molar-refractivity contribution in [3.05, 3.63) is 107 Å². The van der Waals surface area contributed by atoms with Crippen LogP contribution in [0.2, 0.25) is 0 Å². The van der Waals surface area contributed by atoms with Crippen LogP contribution < -0.4 is 10.2 Å². The van der Waals surface area contributed by atoms with Crippen LogP contribution in [0.1, 0.15) is 44.7 Å². The second-order valence-electron chi connectivity index (χ2n) is 9.89. The zero-order valence-electron chi connectivity index (χ0n) is 21.5. The first kappa shape index (κ1) is 25.4. The molecule has 2 N–H and O–H groups in total. The lowest BCUT2D eigenvalue weighted by atomic mass is 10.0. The number of nitrogens with zero attached hydrogens (tertiary/aromatic N) is 3. The SMILES string of the molecule is Cn1cc(C(=O)Cc2ccc(Nc3ccc(CC(=O)c4ccc(N5CCC(O)CC5)cc4)cc3)cc2)cn1. The maximum atomic E-state index is 12.8. The molecule has 1 aromatic heterocycles. The number of nitrogens with one attached hydrogen (secondary N) is 1. The molecule has 4 aromatic rings. The molecule has 1 aliphatic heterocycles. The second-order valence-corrected chi connectivity index (χ2v) is 9.89. The molecule has 3 aromatic carbocycles. The van der Waals surface area contributed by atoms with Gasteiger partial charge in [0, 0.05) is 61.8 Å². The van der Waals surface area contributed by atoms with Gasteiger partial charge in [0.05, 0.1) is 17.9 Å². The Balaban J connectivity index is 1.13. The van der Waals surface area contributed by atoms with Gasteiger partial charge in [0.25, 0.3) is 0 Å². The number of ketones is 2. The predicted octanol–water partition coefficient (Wildman–Crippen LogP) is 4.98. The molecular weight excluding hydrogens is 476 g/mol. The molecule has 0 saturated carbocycles. The summed E-state index contributed by atoms with van der Waals surface area (Å²) in [6.45, 7) is 1.68. The number of hydrogen-bond donors (Lipinski definition) is 2. The van der Waals surface area contributed by atoms with Crippen molar-refractivity contribution >= 4 is 28.6 Å². The van der Waals surface area contributed by atoms with Gasteiger partial charge in [-0.15, -0.1) is 0 Å². The maximum Gasteiger partial charge on any atom is 0.170 e. The third-order valence-corrected chi connectivity index (χ3v) is 6.97. The van der Waals surface area contributed by atoms with Gasteiger partial charge in [-0.25, -0.2) is 0 Å². The Labute approximate surface area is 222 Å². The van der Waals surface area contributed by atoms with Crippen LogP contribution in [-0.4, -0.2) is 45.6 Å². The van der Waals surface area contributed by atoms with Crippen LogP contribution in [-0.2, 0) is 19.9 Å². The number of rotatable bonds is 9. The number of piperidine rings is 1. The Hall–Kier alpha value is -4.23. The van der Waals surface area contributed by atoms with Gasteiger partial charge >= 0.3 is 0 Å². The van der Waals surface area contributed by atoms with Crippen molar-refractivity contribution in [3.63, 3.8) is 0 Å². The van der Waals surface area contributed by atoms with Crippen LogP contribution in [0.3, 0.4) is 0 Å². The first-order valence-corrected chi connectivity index (χ1v) is 13.0. The number of benzene rings is 3. The van der Waals surface area contributed by atoms with Crippen molar-refractivity contribution in [1.29, 1.82) is 0 Å². The van der Waals surface area contributed by atoms with Crippen LogP contribution in [0.4, 0.5) is 17.1 Å². The van der Waals surface area contributed by atoms with Crippen LogP contribution in [0.5, 0.6) is 0 Å². The van der Waals surface area contributed by atoms with Gasteiger partial charge in [-0.1, -0.05) is 24.3 Å². The Morgan fingerprint density at radius 3 is 1.84 bits per heavy atom. The number of anilines is 3. The molecule has 0 unspecified atom stereocenters. The highest BCUT2D eigenvalue weighted by molar-refractivity contribution is 5.98. The van der Waals surface area contributed by atoms with Crippen molar-refractivity contribution in [2.45, 2.75) is 31.8 Å². The van der Waals surface area contributed by atoms with E-state index in [1.54, 1.807) is 24.1 Å². The monoisotopic (exact) mass is 508 g/mol. The zero-order chi connectivity index (χ0) is 26.5. The van der Waals surface area contributed by atoms with E-state index in [0.717, 1.165) is 54.1 Å². The van der Waals surface area contributed by atoms with Crippen molar-refractivity contribution in [3.8, 4) is 0 Å². The predicted molar refractivity (Wildman–Crippen MR) is 149 cm³/mol. The van der Waals surface area contributed by atoms with E-state index in [9.17, 15) is 14.7 Å². The van der Waals surface area contributed by atoms with Crippen molar-refractivity contribution in [1.82, 2.24) is 9.78 Å². The Morgan fingerprint density at radius 1 is 0.816 bits per heavy atom. The molecule has 0 aliphatic carbocycles. The van der Waals surface area contributed by atoms with Crippen LogP contribution in [0, 0.1) is 0 Å². The lowest BCUT2D eigenvalue weighted by Crippen LogP contribution is -2.35. The zero-order valence-corrected chi connectivity index (χ0v) is 21.5. The van der Waals surface area contributed by atoms with E-state index < -0.39 is 0 Å². The van der Waals surface area contributed by atoms with Gasteiger partial charge in [0.1, 0.15) is 0 Å². The minimum absolute atomic E-state index is 0.0441. The van der Waals surface area contributed by atoms with E-state index in [1.807, 2.05) is 72.8 Å². The van der Waals surface area contributed by atoms with Gasteiger partial charge in [-0.3, -0.25) is 14.3 Å². The molecule has 0 bridgehead atoms. The number of Topliss-reactive ketones (excluding diaryl/α,β-unsaturated/α-hetero) is 2. The molecule has 7 nitrogen and oxygen atoms in total. The fraction of sp³-hybridized carbons (Fsp3) is 0.258. The van der Waals surface area contributed by atoms with E-state index >= 15 is 0 Å². The third kappa shape index (κ3) is 6.36. The van der Waals surface area contributed by atoms with E-state index in [1.165, 1.54) is 0 Å². The fourth-order valence-corrected chi connectivity index (χ4v) is 4.70. The summed E-state index contributed by atoms with van der Waals surface area (Å²) in [4.78, 5) is 27.5. The molecule has 2 heterocycles. The molecule has 0 amide bonds. The summed E-state index contributed by atoms with van der Waals surface area (Å²) in [6.07, 6.45) is 5.36. The van der Waals surface area contributed by atoms with Gasteiger partial charge in [-0.05, 0) is 72.5 Å². The largest absolute Gasteiger partial charge is 0.393 e. The number of aliphatic hydroxyl groups excluding tert-OH is 1. The molecule has 1 aliphatic rings. The Morgan fingerprint density at radius 2 is 1.34 bits per heavy atom. The topological polar surface area (TPSA) is 87.5 Å². The van der Waals surface area contributed by atoms with Crippen molar-refractivity contribution < 1.29 is 14.7 Å². The molecule has 7 heteroatoms. The molecule has 5 rings (SSSR count). The van der Waals surface area contributed by atoms with Gasteiger partial charge in [0.15, 0.2) is 11.6 Å². The second kappa shape index (κ2) is 11.4. The number of carbonyl (C=O) groups excluding carboxylic acids is 2. The van der Waals surface area contributed by atoms with Gasteiger partial charge in [0.2, 0.25) is 0 Å². The number of aryl methyl sites for hydroxylation is 1. The fourth-order valence-electron chi connectivity index (χ4n) is 4.70. The molecule has 1 fully saturated rings. The summed E-state index contributed by atoms with van der Waals surface area (Å²) in [7, 11) is 1.80. The summed E-state index contributed by atoms with van der Waals surface area (Å²) >= 11 is 0. The van der Waals surface area contributed by atoms with Crippen molar-refractivity contribution in [2.75, 3.05) is 23.3 Å². The number of hydrogen-bond acceptors (Lipinski definition) is 6. The highest BCUT2D eigenvalue weighted by Crippen LogP contribution is 2.22. The van der Waals surface area contributed by atoms with Gasteiger partial charge < -0.3 is 15.3 Å². The first-order valence-electron chi connectivity index (χ1n) is 13.0. The number of carbonyl (C=O) groups is 2. The number of aromatic nitrogens is 2. The Bertz CT molecular complexity index is 1380. The summed E-state index contributed by atoms with van der Waals surface area (Å²) < 4.78 is 1.63. The third-order valence-electron chi connectivity index (χ3n) is 6.97. The average molecular weight is 509 g/mol. The number of aliphatic hydroxyl groups is 1. The molecule has 1 saturated heterocycles. The molecule has 194 valence electrons. The summed E-state index contributed by atoms with van der Waals surface area (Å²) in [6, 6.07) is 23.5. The first-order chi connectivity index (χ1) is 18.4. The lowest BCUT2D eigenvalue weighted by Gasteiger charge is -2.31. The molecule has 0 atom stereocenters. The van der Waals surface area contributed by atoms with Crippen LogP contribution >= 0.6 is 0 Å². The summed E-state index contributed by atoms with van der Waals surface area (Å²) in [5.74, 6) is 0.130. The normalized spacial score (nSPS) is 13.9. The van der Waals surface area contributed by atoms with E-state index in [0.29, 0.717) is 24.0 Å². The van der Waals surface area contributed by atoms with Gasteiger partial charge in [-0.2, -0.15) is 5.10 Å². The van der Waals surface area contributed by atoms with E-state index in [4.69, 9.17) is 0 Å². The summed E-state index contributed by atoms with van der Waals surface area (Å²) in [5.41, 5.74) is 6.17. The minimum atomic E-state index is -0.200. The molecule has 0 spiro atoms. The standard InChI is InChI=1S/C31H32N4O3/c1-34-21-25(20-32-34)31(38)19-23-4-10-27(11-5-23)33-26-8-2-22(3-9-26)18-30(37)24-6-12-28(13-7-24)35-16-14-29(36)15-17-35/h2-13,20-21,29,33,36H,14-19H2,1H3.